The smallest absolute Gasteiger partial charge is 0.204 e. The van der Waals surface area contributed by atoms with Gasteiger partial charge in [-0.25, -0.2) is 0 Å². The number of aryl methyl sites for hydroxylation is 2. The van der Waals surface area contributed by atoms with Crippen LogP contribution >= 0.6 is 0 Å². The quantitative estimate of drug-likeness (QED) is 0.511. The first kappa shape index (κ1) is 13.6. The first-order valence-corrected chi connectivity index (χ1v) is 7.28. The molecule has 0 N–H and O–H groups in total. The SMILES string of the molecule is Cc1ccc(Cn2[c-][n+](Cc3ccc(C)cc3)cc2)cc1. The summed E-state index contributed by atoms with van der Waals surface area (Å²) in [6, 6.07) is 17.3. The van der Waals surface area contributed by atoms with Crippen LogP contribution < -0.4 is 4.57 Å². The Morgan fingerprint density at radius 1 is 0.857 bits per heavy atom. The number of hydrogen-bond donors (Lipinski definition) is 0. The summed E-state index contributed by atoms with van der Waals surface area (Å²) in [5.41, 5.74) is 5.19. The summed E-state index contributed by atoms with van der Waals surface area (Å²) in [6.45, 7) is 5.95. The molecule has 0 atom stereocenters. The van der Waals surface area contributed by atoms with Crippen molar-refractivity contribution in [3.05, 3.63) is 89.5 Å². The van der Waals surface area contributed by atoms with Gasteiger partial charge < -0.3 is 9.13 Å². The Balaban J connectivity index is 1.68. The lowest BCUT2D eigenvalue weighted by molar-refractivity contribution is -0.692. The number of aromatic nitrogens is 2. The fourth-order valence-corrected chi connectivity index (χ4v) is 2.35. The zero-order valence-corrected chi connectivity index (χ0v) is 12.6. The molecule has 21 heavy (non-hydrogen) atoms. The molecule has 3 aromatic rings. The van der Waals surface area contributed by atoms with E-state index in [9.17, 15) is 0 Å². The van der Waals surface area contributed by atoms with Crippen LogP contribution in [0.4, 0.5) is 0 Å². The van der Waals surface area contributed by atoms with E-state index in [1.807, 2.05) is 0 Å². The molecular weight excluding hydrogens is 256 g/mol. The predicted molar refractivity (Wildman–Crippen MR) is 84.0 cm³/mol. The van der Waals surface area contributed by atoms with Gasteiger partial charge in [0.05, 0.1) is 13.1 Å². The van der Waals surface area contributed by atoms with Crippen molar-refractivity contribution in [2.75, 3.05) is 0 Å². The van der Waals surface area contributed by atoms with Crippen LogP contribution in [0.5, 0.6) is 0 Å². The van der Waals surface area contributed by atoms with Crippen LogP contribution in [0.25, 0.3) is 0 Å². The van der Waals surface area contributed by atoms with E-state index in [4.69, 9.17) is 0 Å². The van der Waals surface area contributed by atoms with Crippen molar-refractivity contribution >= 4 is 0 Å². The van der Waals surface area contributed by atoms with Crippen molar-refractivity contribution in [1.29, 1.82) is 0 Å². The fourth-order valence-electron chi connectivity index (χ4n) is 2.35. The van der Waals surface area contributed by atoms with Gasteiger partial charge >= 0.3 is 0 Å². The molecule has 0 saturated heterocycles. The second kappa shape index (κ2) is 5.96. The lowest BCUT2D eigenvalue weighted by atomic mass is 10.1. The molecule has 0 saturated carbocycles. The van der Waals surface area contributed by atoms with Crippen LogP contribution in [0, 0.1) is 20.2 Å². The van der Waals surface area contributed by atoms with Gasteiger partial charge in [0.1, 0.15) is 0 Å². The maximum atomic E-state index is 3.37. The van der Waals surface area contributed by atoms with Crippen molar-refractivity contribution in [3.8, 4) is 0 Å². The molecule has 1 aromatic heterocycles. The standard InChI is InChI=1S/C19H20N2/c1-16-3-7-18(8-4-16)13-20-11-12-21(15-20)14-19-9-5-17(2)6-10-19/h3-12H,13-14H2,1-2H3. The van der Waals surface area contributed by atoms with Gasteiger partial charge in [0.2, 0.25) is 6.33 Å². The molecule has 0 radical (unpaired) electrons. The van der Waals surface area contributed by atoms with Gasteiger partial charge in [-0.3, -0.25) is 0 Å². The highest BCUT2D eigenvalue weighted by Crippen LogP contribution is 2.05. The first-order chi connectivity index (χ1) is 10.2. The molecule has 0 amide bonds. The average Bonchev–Trinajstić information content (AvgIpc) is 2.91. The summed E-state index contributed by atoms with van der Waals surface area (Å²) in [5.74, 6) is 0. The number of imidazole rings is 1. The van der Waals surface area contributed by atoms with E-state index in [0.29, 0.717) is 0 Å². The predicted octanol–water partition coefficient (Wildman–Crippen LogP) is 3.29. The van der Waals surface area contributed by atoms with Crippen LogP contribution in [-0.2, 0) is 13.1 Å². The van der Waals surface area contributed by atoms with Crippen LogP contribution in [0.3, 0.4) is 0 Å². The fraction of sp³-hybridized carbons (Fsp3) is 0.211. The lowest BCUT2D eigenvalue weighted by Gasteiger charge is -2.03. The Morgan fingerprint density at radius 2 is 1.43 bits per heavy atom. The molecule has 0 spiro atoms. The number of rotatable bonds is 4. The van der Waals surface area contributed by atoms with Crippen LogP contribution in [0.1, 0.15) is 22.3 Å². The molecule has 0 unspecified atom stereocenters. The zero-order valence-electron chi connectivity index (χ0n) is 12.6. The van der Waals surface area contributed by atoms with Gasteiger partial charge in [-0.2, -0.15) is 0 Å². The minimum Gasteiger partial charge on any atom is -0.347 e. The Hall–Kier alpha value is -2.35. The molecule has 2 heteroatoms. The van der Waals surface area contributed by atoms with Crippen LogP contribution in [0.2, 0.25) is 0 Å². The summed E-state index contributed by atoms with van der Waals surface area (Å²) in [4.78, 5) is 0. The Morgan fingerprint density at radius 3 is 2.05 bits per heavy atom. The molecule has 0 aliphatic heterocycles. The molecule has 3 rings (SSSR count). The third kappa shape index (κ3) is 3.60. The van der Waals surface area contributed by atoms with Gasteiger partial charge in [0, 0.05) is 0 Å². The topological polar surface area (TPSA) is 8.81 Å². The van der Waals surface area contributed by atoms with Crippen molar-refractivity contribution in [3.63, 3.8) is 0 Å². The van der Waals surface area contributed by atoms with Gasteiger partial charge in [0.25, 0.3) is 0 Å². The number of benzene rings is 2. The Labute approximate surface area is 126 Å². The normalized spacial score (nSPS) is 10.8. The Kier molecular flexibility index (Phi) is 3.87. The maximum Gasteiger partial charge on any atom is 0.204 e. The zero-order chi connectivity index (χ0) is 14.7. The van der Waals surface area contributed by atoms with E-state index in [1.54, 1.807) is 0 Å². The minimum absolute atomic E-state index is 0.862. The summed E-state index contributed by atoms with van der Waals surface area (Å²) < 4.78 is 4.19. The molecule has 2 aromatic carbocycles. The van der Waals surface area contributed by atoms with Crippen molar-refractivity contribution in [2.45, 2.75) is 26.9 Å². The third-order valence-corrected chi connectivity index (χ3v) is 3.63. The van der Waals surface area contributed by atoms with Crippen molar-refractivity contribution < 1.29 is 4.57 Å². The summed E-state index contributed by atoms with van der Waals surface area (Å²) >= 11 is 0. The molecule has 0 bridgehead atoms. The molecular formula is C19H20N2. The highest BCUT2D eigenvalue weighted by molar-refractivity contribution is 5.21. The number of nitrogens with zero attached hydrogens (tertiary/aromatic N) is 2. The first-order valence-electron chi connectivity index (χ1n) is 7.28. The van der Waals surface area contributed by atoms with Gasteiger partial charge in [-0.15, -0.1) is 0 Å². The summed E-state index contributed by atoms with van der Waals surface area (Å²) in [7, 11) is 0. The lowest BCUT2D eigenvalue weighted by Crippen LogP contribution is -2.32. The van der Waals surface area contributed by atoms with E-state index in [2.05, 4.69) is 90.2 Å². The van der Waals surface area contributed by atoms with Gasteiger partial charge in [0.15, 0.2) is 0 Å². The van der Waals surface area contributed by atoms with Crippen LogP contribution in [-0.4, -0.2) is 4.57 Å². The van der Waals surface area contributed by atoms with E-state index in [-0.39, 0.29) is 0 Å². The van der Waals surface area contributed by atoms with E-state index >= 15 is 0 Å². The molecule has 2 nitrogen and oxygen atoms in total. The highest BCUT2D eigenvalue weighted by Gasteiger charge is 2.00. The monoisotopic (exact) mass is 276 g/mol. The Bertz CT molecular complexity index is 644. The van der Waals surface area contributed by atoms with E-state index < -0.39 is 0 Å². The second-order valence-electron chi connectivity index (χ2n) is 5.63. The second-order valence-corrected chi connectivity index (χ2v) is 5.63. The molecule has 106 valence electrons. The van der Waals surface area contributed by atoms with Gasteiger partial charge in [-0.1, -0.05) is 59.7 Å². The largest absolute Gasteiger partial charge is 0.347 e. The van der Waals surface area contributed by atoms with E-state index in [1.165, 1.54) is 22.3 Å². The third-order valence-electron chi connectivity index (χ3n) is 3.63. The summed E-state index contributed by atoms with van der Waals surface area (Å²) in [6.07, 6.45) is 7.53. The molecule has 0 aliphatic carbocycles. The maximum absolute atomic E-state index is 3.37. The number of hydrogen-bond acceptors (Lipinski definition) is 0. The van der Waals surface area contributed by atoms with Crippen LogP contribution in [0.15, 0.2) is 60.9 Å². The van der Waals surface area contributed by atoms with Crippen molar-refractivity contribution in [1.82, 2.24) is 4.57 Å². The summed E-state index contributed by atoms with van der Waals surface area (Å²) in [5, 5.41) is 0. The molecule has 1 heterocycles. The van der Waals surface area contributed by atoms with Crippen molar-refractivity contribution in [2.24, 2.45) is 0 Å². The van der Waals surface area contributed by atoms with E-state index in [0.717, 1.165) is 13.1 Å². The minimum atomic E-state index is 0.862. The average molecular weight is 276 g/mol. The van der Waals surface area contributed by atoms with Gasteiger partial charge in [-0.05, 0) is 37.4 Å². The molecule has 0 aliphatic rings. The highest BCUT2D eigenvalue weighted by atomic mass is 15.1. The molecule has 0 fully saturated rings.